The fourth-order valence-corrected chi connectivity index (χ4v) is 3.22. The van der Waals surface area contributed by atoms with E-state index in [2.05, 4.69) is 16.0 Å². The minimum absolute atomic E-state index is 0.360. The summed E-state index contributed by atoms with van der Waals surface area (Å²) in [5, 5.41) is 0.832. The number of H-pyrrole nitrogens is 1. The lowest BCUT2D eigenvalue weighted by atomic mass is 9.99. The third-order valence-corrected chi connectivity index (χ3v) is 4.58. The van der Waals surface area contributed by atoms with Gasteiger partial charge >= 0.3 is 5.97 Å². The van der Waals surface area contributed by atoms with Gasteiger partial charge in [-0.15, -0.1) is 0 Å². The van der Waals surface area contributed by atoms with Crippen molar-refractivity contribution < 1.29 is 14.3 Å². The maximum atomic E-state index is 12.2. The van der Waals surface area contributed by atoms with E-state index in [4.69, 9.17) is 9.47 Å². The SMILES string of the molecule is COC(=O)c1cccc2[nH]cc(-c3cncc(-c4ccc(OC)cc4)c3)c12. The van der Waals surface area contributed by atoms with Crippen molar-refractivity contribution >= 4 is 16.9 Å². The van der Waals surface area contributed by atoms with Gasteiger partial charge in [0.15, 0.2) is 0 Å². The predicted molar refractivity (Wildman–Crippen MR) is 105 cm³/mol. The first kappa shape index (κ1) is 16.8. The number of ether oxygens (including phenoxy) is 2. The number of carbonyl (C=O) groups excluding carboxylic acids is 1. The Labute approximate surface area is 156 Å². The molecule has 0 aliphatic rings. The Hall–Kier alpha value is -3.60. The van der Waals surface area contributed by atoms with E-state index >= 15 is 0 Å². The number of esters is 1. The molecule has 0 unspecified atom stereocenters. The van der Waals surface area contributed by atoms with E-state index in [1.54, 1.807) is 19.4 Å². The second-order valence-electron chi connectivity index (χ2n) is 6.11. The van der Waals surface area contributed by atoms with Crippen LogP contribution in [0.2, 0.25) is 0 Å². The van der Waals surface area contributed by atoms with Crippen molar-refractivity contribution in [1.82, 2.24) is 9.97 Å². The normalized spacial score (nSPS) is 10.7. The Morgan fingerprint density at radius 2 is 1.74 bits per heavy atom. The van der Waals surface area contributed by atoms with Gasteiger partial charge in [-0.3, -0.25) is 4.98 Å². The topological polar surface area (TPSA) is 64.2 Å². The van der Waals surface area contributed by atoms with E-state index in [0.29, 0.717) is 5.56 Å². The Morgan fingerprint density at radius 1 is 0.963 bits per heavy atom. The second kappa shape index (κ2) is 6.96. The van der Waals surface area contributed by atoms with Crippen molar-refractivity contribution in [2.24, 2.45) is 0 Å². The number of methoxy groups -OCH3 is 2. The molecule has 134 valence electrons. The molecule has 2 aromatic carbocycles. The van der Waals surface area contributed by atoms with Gasteiger partial charge in [-0.25, -0.2) is 4.79 Å². The summed E-state index contributed by atoms with van der Waals surface area (Å²) in [5.74, 6) is 0.447. The molecule has 0 bridgehead atoms. The van der Waals surface area contributed by atoms with Crippen LogP contribution in [-0.4, -0.2) is 30.2 Å². The minimum Gasteiger partial charge on any atom is -0.497 e. The summed E-state index contributed by atoms with van der Waals surface area (Å²) < 4.78 is 10.2. The summed E-state index contributed by atoms with van der Waals surface area (Å²) in [6.07, 6.45) is 5.51. The second-order valence-corrected chi connectivity index (χ2v) is 6.11. The summed E-state index contributed by atoms with van der Waals surface area (Å²) in [5.41, 5.74) is 5.27. The highest BCUT2D eigenvalue weighted by Crippen LogP contribution is 2.33. The highest BCUT2D eigenvalue weighted by Gasteiger charge is 2.16. The van der Waals surface area contributed by atoms with E-state index in [0.717, 1.165) is 38.9 Å². The van der Waals surface area contributed by atoms with Gasteiger partial charge in [0, 0.05) is 46.2 Å². The highest BCUT2D eigenvalue weighted by atomic mass is 16.5. The maximum Gasteiger partial charge on any atom is 0.338 e. The molecule has 27 heavy (non-hydrogen) atoms. The first-order valence-corrected chi connectivity index (χ1v) is 8.49. The first-order valence-electron chi connectivity index (χ1n) is 8.49. The Bertz CT molecular complexity index is 1110. The quantitative estimate of drug-likeness (QED) is 0.538. The molecule has 4 aromatic rings. The van der Waals surface area contributed by atoms with Crippen molar-refractivity contribution in [1.29, 1.82) is 0 Å². The van der Waals surface area contributed by atoms with Crippen LogP contribution >= 0.6 is 0 Å². The Kier molecular flexibility index (Phi) is 4.34. The van der Waals surface area contributed by atoms with Gasteiger partial charge in [0.05, 0.1) is 19.8 Å². The predicted octanol–water partition coefficient (Wildman–Crippen LogP) is 4.69. The summed E-state index contributed by atoms with van der Waals surface area (Å²) in [4.78, 5) is 19.8. The largest absolute Gasteiger partial charge is 0.497 e. The van der Waals surface area contributed by atoms with Crippen LogP contribution in [0.4, 0.5) is 0 Å². The zero-order valence-electron chi connectivity index (χ0n) is 15.0. The molecule has 0 spiro atoms. The lowest BCUT2D eigenvalue weighted by Gasteiger charge is -2.07. The molecular weight excluding hydrogens is 340 g/mol. The third kappa shape index (κ3) is 3.04. The summed E-state index contributed by atoms with van der Waals surface area (Å²) in [7, 11) is 3.03. The van der Waals surface area contributed by atoms with Gasteiger partial charge in [-0.05, 0) is 35.9 Å². The Balaban J connectivity index is 1.83. The van der Waals surface area contributed by atoms with Crippen LogP contribution in [0.1, 0.15) is 10.4 Å². The van der Waals surface area contributed by atoms with E-state index in [9.17, 15) is 4.79 Å². The molecule has 2 heterocycles. The van der Waals surface area contributed by atoms with Gasteiger partial charge in [-0.1, -0.05) is 18.2 Å². The average Bonchev–Trinajstić information content (AvgIpc) is 3.17. The summed E-state index contributed by atoms with van der Waals surface area (Å²) in [6, 6.07) is 15.4. The zero-order chi connectivity index (χ0) is 18.8. The zero-order valence-corrected chi connectivity index (χ0v) is 15.0. The van der Waals surface area contributed by atoms with Crippen LogP contribution in [0.3, 0.4) is 0 Å². The number of hydrogen-bond donors (Lipinski definition) is 1. The lowest BCUT2D eigenvalue weighted by molar-refractivity contribution is 0.0603. The molecule has 0 saturated carbocycles. The smallest absolute Gasteiger partial charge is 0.338 e. The molecule has 5 nitrogen and oxygen atoms in total. The van der Waals surface area contributed by atoms with E-state index in [-0.39, 0.29) is 5.97 Å². The highest BCUT2D eigenvalue weighted by molar-refractivity contribution is 6.10. The van der Waals surface area contributed by atoms with Crippen molar-refractivity contribution in [3.8, 4) is 28.0 Å². The molecule has 0 aliphatic heterocycles. The number of pyridine rings is 1. The molecule has 0 atom stereocenters. The molecule has 2 aromatic heterocycles. The lowest BCUT2D eigenvalue weighted by Crippen LogP contribution is -2.01. The number of nitrogens with one attached hydrogen (secondary N) is 1. The fraction of sp³-hybridized carbons (Fsp3) is 0.0909. The first-order chi connectivity index (χ1) is 13.2. The van der Waals surface area contributed by atoms with Crippen LogP contribution in [0.15, 0.2) is 67.1 Å². The number of aromatic nitrogens is 2. The fourth-order valence-electron chi connectivity index (χ4n) is 3.22. The number of hydrogen-bond acceptors (Lipinski definition) is 4. The number of aromatic amines is 1. The summed E-state index contributed by atoms with van der Waals surface area (Å²) >= 11 is 0. The number of nitrogens with zero attached hydrogens (tertiary/aromatic N) is 1. The van der Waals surface area contributed by atoms with Crippen LogP contribution in [0.5, 0.6) is 5.75 Å². The van der Waals surface area contributed by atoms with Crippen molar-refractivity contribution in [3.63, 3.8) is 0 Å². The van der Waals surface area contributed by atoms with E-state index in [1.807, 2.05) is 48.8 Å². The molecule has 1 N–H and O–H groups in total. The molecule has 4 rings (SSSR count). The molecule has 0 saturated heterocycles. The van der Waals surface area contributed by atoms with Gasteiger partial charge in [0.25, 0.3) is 0 Å². The monoisotopic (exact) mass is 358 g/mol. The minimum atomic E-state index is -0.360. The number of benzene rings is 2. The molecule has 0 fully saturated rings. The molecule has 0 amide bonds. The van der Waals surface area contributed by atoms with Gasteiger partial charge in [0.1, 0.15) is 5.75 Å². The Morgan fingerprint density at radius 3 is 2.48 bits per heavy atom. The van der Waals surface area contributed by atoms with Crippen LogP contribution in [0.25, 0.3) is 33.2 Å². The third-order valence-electron chi connectivity index (χ3n) is 4.58. The van der Waals surface area contributed by atoms with Crippen LogP contribution in [0, 0.1) is 0 Å². The molecule has 5 heteroatoms. The number of fused-ring (bicyclic) bond motifs is 1. The van der Waals surface area contributed by atoms with E-state index < -0.39 is 0 Å². The molecule has 0 aliphatic carbocycles. The van der Waals surface area contributed by atoms with Gasteiger partial charge in [-0.2, -0.15) is 0 Å². The van der Waals surface area contributed by atoms with Gasteiger partial charge in [0.2, 0.25) is 0 Å². The van der Waals surface area contributed by atoms with E-state index in [1.165, 1.54) is 7.11 Å². The van der Waals surface area contributed by atoms with Crippen molar-refractivity contribution in [3.05, 3.63) is 72.7 Å². The van der Waals surface area contributed by atoms with Crippen LogP contribution < -0.4 is 4.74 Å². The summed E-state index contributed by atoms with van der Waals surface area (Å²) in [6.45, 7) is 0. The number of rotatable bonds is 4. The van der Waals surface area contributed by atoms with Crippen LogP contribution in [-0.2, 0) is 4.74 Å². The van der Waals surface area contributed by atoms with Crippen molar-refractivity contribution in [2.45, 2.75) is 0 Å². The maximum absolute atomic E-state index is 12.2. The number of carbonyl (C=O) groups is 1. The van der Waals surface area contributed by atoms with Crippen molar-refractivity contribution in [2.75, 3.05) is 14.2 Å². The average molecular weight is 358 g/mol. The molecular formula is C22H18N2O3. The molecule has 0 radical (unpaired) electrons. The van der Waals surface area contributed by atoms with Gasteiger partial charge < -0.3 is 14.5 Å². The standard InChI is InChI=1S/C22H18N2O3/c1-26-17-8-6-14(7-9-17)15-10-16(12-23-11-15)19-13-24-20-5-3-4-18(21(19)20)22(25)27-2/h3-13,24H,1-2H3.